The number of benzene rings is 2. The van der Waals surface area contributed by atoms with E-state index in [-0.39, 0.29) is 18.2 Å². The fourth-order valence-corrected chi connectivity index (χ4v) is 1.71. The number of halogens is 2. The molecule has 0 atom stereocenters. The summed E-state index contributed by atoms with van der Waals surface area (Å²) in [7, 11) is 0. The van der Waals surface area contributed by atoms with Gasteiger partial charge < -0.3 is 5.32 Å². The lowest BCUT2D eigenvalue weighted by molar-refractivity contribution is 0.625. The lowest BCUT2D eigenvalue weighted by Gasteiger charge is -2.05. The van der Waals surface area contributed by atoms with Crippen LogP contribution < -0.4 is 5.32 Å². The Hall–Kier alpha value is -1.38. The average molecular weight is 266 g/mol. The van der Waals surface area contributed by atoms with Gasteiger partial charge >= 0.3 is 0 Å². The van der Waals surface area contributed by atoms with Crippen molar-refractivity contribution < 1.29 is 4.39 Å². The van der Waals surface area contributed by atoms with Gasteiger partial charge in [-0.1, -0.05) is 42.5 Å². The quantitative estimate of drug-likeness (QED) is 0.815. The van der Waals surface area contributed by atoms with Crippen LogP contribution in [-0.2, 0) is 13.0 Å². The highest BCUT2D eigenvalue weighted by Gasteiger charge is 1.94. The summed E-state index contributed by atoms with van der Waals surface area (Å²) in [6, 6.07) is 17.0. The van der Waals surface area contributed by atoms with Gasteiger partial charge in [-0.05, 0) is 36.2 Å². The Morgan fingerprint density at radius 2 is 1.50 bits per heavy atom. The molecule has 1 N–H and O–H groups in total. The lowest BCUT2D eigenvalue weighted by Crippen LogP contribution is -2.16. The summed E-state index contributed by atoms with van der Waals surface area (Å²) in [6.07, 6.45) is 1.02. The van der Waals surface area contributed by atoms with Gasteiger partial charge in [-0.3, -0.25) is 0 Å². The second-order valence-electron chi connectivity index (χ2n) is 4.04. The summed E-state index contributed by atoms with van der Waals surface area (Å²) in [5, 5.41) is 3.35. The van der Waals surface area contributed by atoms with Gasteiger partial charge in [-0.2, -0.15) is 0 Å². The zero-order valence-electron chi connectivity index (χ0n) is 10.1. The number of rotatable bonds is 5. The van der Waals surface area contributed by atoms with Crippen LogP contribution >= 0.6 is 12.4 Å². The number of hydrogen-bond acceptors (Lipinski definition) is 1. The third-order valence-electron chi connectivity index (χ3n) is 2.68. The zero-order chi connectivity index (χ0) is 11.9. The van der Waals surface area contributed by atoms with Crippen molar-refractivity contribution in [1.82, 2.24) is 5.32 Å². The number of hydrogen-bond donors (Lipinski definition) is 1. The summed E-state index contributed by atoms with van der Waals surface area (Å²) in [4.78, 5) is 0. The van der Waals surface area contributed by atoms with Crippen molar-refractivity contribution in [2.45, 2.75) is 13.0 Å². The molecule has 0 spiro atoms. The first-order chi connectivity index (χ1) is 8.34. The Labute approximate surface area is 113 Å². The summed E-state index contributed by atoms with van der Waals surface area (Å²) >= 11 is 0. The molecule has 0 radical (unpaired) electrons. The van der Waals surface area contributed by atoms with Gasteiger partial charge in [0.15, 0.2) is 0 Å². The van der Waals surface area contributed by atoms with E-state index in [1.165, 1.54) is 17.7 Å². The average Bonchev–Trinajstić information content (AvgIpc) is 2.38. The van der Waals surface area contributed by atoms with Gasteiger partial charge in [-0.25, -0.2) is 4.39 Å². The Kier molecular flexibility index (Phi) is 6.40. The zero-order valence-corrected chi connectivity index (χ0v) is 10.9. The summed E-state index contributed by atoms with van der Waals surface area (Å²) in [5.74, 6) is -0.182. The molecule has 0 amide bonds. The predicted molar refractivity (Wildman–Crippen MR) is 75.5 cm³/mol. The Morgan fingerprint density at radius 1 is 0.833 bits per heavy atom. The van der Waals surface area contributed by atoms with Crippen LogP contribution in [0.25, 0.3) is 0 Å². The van der Waals surface area contributed by atoms with Crippen LogP contribution in [-0.4, -0.2) is 6.54 Å². The van der Waals surface area contributed by atoms with Crippen molar-refractivity contribution >= 4 is 12.4 Å². The molecule has 0 aromatic heterocycles. The van der Waals surface area contributed by atoms with E-state index in [0.717, 1.165) is 25.1 Å². The van der Waals surface area contributed by atoms with Gasteiger partial charge in [0.05, 0.1) is 0 Å². The fraction of sp³-hybridized carbons (Fsp3) is 0.200. The first-order valence-corrected chi connectivity index (χ1v) is 5.84. The first-order valence-electron chi connectivity index (χ1n) is 5.84. The molecule has 0 saturated heterocycles. The Morgan fingerprint density at radius 3 is 2.17 bits per heavy atom. The van der Waals surface area contributed by atoms with Crippen LogP contribution in [0.5, 0.6) is 0 Å². The van der Waals surface area contributed by atoms with Crippen LogP contribution in [0.4, 0.5) is 4.39 Å². The topological polar surface area (TPSA) is 12.0 Å². The largest absolute Gasteiger partial charge is 0.312 e. The van der Waals surface area contributed by atoms with Gasteiger partial charge in [0.2, 0.25) is 0 Å². The normalized spacial score (nSPS) is 9.83. The van der Waals surface area contributed by atoms with Crippen molar-refractivity contribution in [2.24, 2.45) is 0 Å². The summed E-state index contributed by atoms with van der Waals surface area (Å²) in [6.45, 7) is 1.72. The van der Waals surface area contributed by atoms with E-state index in [0.29, 0.717) is 0 Å². The van der Waals surface area contributed by atoms with Crippen LogP contribution in [0.3, 0.4) is 0 Å². The Bertz CT molecular complexity index is 442. The molecule has 0 heterocycles. The molecule has 3 heteroatoms. The third kappa shape index (κ3) is 4.86. The van der Waals surface area contributed by atoms with Gasteiger partial charge in [0, 0.05) is 6.54 Å². The molecule has 0 aliphatic rings. The SMILES string of the molecule is Cl.Fc1ccc(CNCCc2ccccc2)cc1. The van der Waals surface area contributed by atoms with E-state index < -0.39 is 0 Å². The van der Waals surface area contributed by atoms with Gasteiger partial charge in [0.1, 0.15) is 5.82 Å². The van der Waals surface area contributed by atoms with Crippen molar-refractivity contribution in [1.29, 1.82) is 0 Å². The molecule has 0 aliphatic carbocycles. The van der Waals surface area contributed by atoms with E-state index in [1.54, 1.807) is 0 Å². The highest BCUT2D eigenvalue weighted by Crippen LogP contribution is 2.02. The first kappa shape index (κ1) is 14.7. The minimum atomic E-state index is -0.182. The molecular weight excluding hydrogens is 249 g/mol. The molecule has 0 fully saturated rings. The van der Waals surface area contributed by atoms with Crippen LogP contribution in [0.2, 0.25) is 0 Å². The van der Waals surface area contributed by atoms with Crippen LogP contribution in [0, 0.1) is 5.82 Å². The molecule has 18 heavy (non-hydrogen) atoms. The van der Waals surface area contributed by atoms with E-state index in [4.69, 9.17) is 0 Å². The van der Waals surface area contributed by atoms with Crippen molar-refractivity contribution in [3.8, 4) is 0 Å². The minimum Gasteiger partial charge on any atom is -0.312 e. The standard InChI is InChI=1S/C15H16FN.ClH/c16-15-8-6-14(7-9-15)12-17-11-10-13-4-2-1-3-5-13;/h1-9,17H,10-12H2;1H. The third-order valence-corrected chi connectivity index (χ3v) is 2.68. The van der Waals surface area contributed by atoms with E-state index >= 15 is 0 Å². The maximum Gasteiger partial charge on any atom is 0.123 e. The maximum atomic E-state index is 12.7. The molecule has 0 aliphatic heterocycles. The van der Waals surface area contributed by atoms with E-state index in [1.807, 2.05) is 18.2 Å². The van der Waals surface area contributed by atoms with Crippen LogP contribution in [0.1, 0.15) is 11.1 Å². The molecule has 0 unspecified atom stereocenters. The molecule has 96 valence electrons. The molecule has 0 saturated carbocycles. The summed E-state index contributed by atoms with van der Waals surface area (Å²) < 4.78 is 12.7. The monoisotopic (exact) mass is 265 g/mol. The molecule has 1 nitrogen and oxygen atoms in total. The molecular formula is C15H17ClFN. The highest BCUT2D eigenvalue weighted by atomic mass is 35.5. The highest BCUT2D eigenvalue weighted by molar-refractivity contribution is 5.85. The van der Waals surface area contributed by atoms with Crippen molar-refractivity contribution in [2.75, 3.05) is 6.54 Å². The second kappa shape index (κ2) is 7.85. The van der Waals surface area contributed by atoms with Crippen molar-refractivity contribution in [3.63, 3.8) is 0 Å². The van der Waals surface area contributed by atoms with E-state index in [9.17, 15) is 4.39 Å². The minimum absolute atomic E-state index is 0. The maximum absolute atomic E-state index is 12.7. The fourth-order valence-electron chi connectivity index (χ4n) is 1.71. The van der Waals surface area contributed by atoms with E-state index in [2.05, 4.69) is 29.6 Å². The van der Waals surface area contributed by atoms with Crippen molar-refractivity contribution in [3.05, 3.63) is 71.5 Å². The van der Waals surface area contributed by atoms with Gasteiger partial charge in [0.25, 0.3) is 0 Å². The summed E-state index contributed by atoms with van der Waals surface area (Å²) in [5.41, 5.74) is 2.44. The van der Waals surface area contributed by atoms with Gasteiger partial charge in [-0.15, -0.1) is 12.4 Å². The predicted octanol–water partition coefficient (Wildman–Crippen LogP) is 3.58. The Balaban J connectivity index is 0.00000162. The molecule has 2 aromatic rings. The second-order valence-corrected chi connectivity index (χ2v) is 4.04. The molecule has 0 bridgehead atoms. The molecule has 2 rings (SSSR count). The number of nitrogens with one attached hydrogen (secondary N) is 1. The lowest BCUT2D eigenvalue weighted by atomic mass is 10.1. The smallest absolute Gasteiger partial charge is 0.123 e. The van der Waals surface area contributed by atoms with Crippen LogP contribution in [0.15, 0.2) is 54.6 Å². The molecule has 2 aromatic carbocycles.